The van der Waals surface area contributed by atoms with E-state index >= 15 is 0 Å². The number of hydrogen-bond donors (Lipinski definition) is 0. The van der Waals surface area contributed by atoms with Gasteiger partial charge in [0.15, 0.2) is 6.10 Å². The summed E-state index contributed by atoms with van der Waals surface area (Å²) in [5.74, 6) is -1.10. The molecule has 0 fully saturated rings. The van der Waals surface area contributed by atoms with Crippen LogP contribution in [0, 0.1) is 0 Å². The summed E-state index contributed by atoms with van der Waals surface area (Å²) in [6, 6.07) is 0. The van der Waals surface area contributed by atoms with Gasteiger partial charge in [-0.1, -0.05) is 257 Å². The summed E-state index contributed by atoms with van der Waals surface area (Å²) in [7, 11) is 0. The Morgan fingerprint density at radius 1 is 0.267 bits per heavy atom. The first kappa shape index (κ1) is 70.5. The molecule has 0 radical (unpaired) electrons. The van der Waals surface area contributed by atoms with E-state index in [1.54, 1.807) is 0 Å². The number of rotatable bonds is 54. The third-order valence-electron chi connectivity index (χ3n) is 12.6. The lowest BCUT2D eigenvalue weighted by Crippen LogP contribution is -2.30. The SMILES string of the molecule is CCCCC/C=C\C/C=C\C/C=C\C/C=C\C/C=C\CCC(=O)OCC(COC(=O)CC/C=C\C/C=C\C/C=C\C/C=C\C/C=C\CCCCC)OC(=O)CCCCCCCCCCC/C=C\CCCCCCCC. The highest BCUT2D eigenvalue weighted by atomic mass is 16.6. The van der Waals surface area contributed by atoms with Crippen molar-refractivity contribution in [2.24, 2.45) is 0 Å². The summed E-state index contributed by atoms with van der Waals surface area (Å²) < 4.78 is 16.8. The van der Waals surface area contributed by atoms with Crippen LogP contribution in [0.2, 0.25) is 0 Å². The number of hydrogen-bond acceptors (Lipinski definition) is 6. The Balaban J connectivity index is 4.61. The molecule has 0 aliphatic carbocycles. The second kappa shape index (κ2) is 62.1. The molecular weight excluding hydrogens is 925 g/mol. The van der Waals surface area contributed by atoms with Gasteiger partial charge in [-0.3, -0.25) is 14.4 Å². The van der Waals surface area contributed by atoms with Gasteiger partial charge in [0.1, 0.15) is 13.2 Å². The average Bonchev–Trinajstić information content (AvgIpc) is 3.41. The van der Waals surface area contributed by atoms with E-state index in [4.69, 9.17) is 14.2 Å². The fraction of sp³-hybridized carbons (Fsp3) is 0.638. The number of esters is 3. The van der Waals surface area contributed by atoms with Crippen molar-refractivity contribution >= 4 is 17.9 Å². The van der Waals surface area contributed by atoms with Crippen molar-refractivity contribution < 1.29 is 28.6 Å². The predicted octanol–water partition coefficient (Wildman–Crippen LogP) is 21.0. The van der Waals surface area contributed by atoms with Crippen molar-refractivity contribution in [2.45, 2.75) is 271 Å². The zero-order valence-corrected chi connectivity index (χ0v) is 48.5. The highest BCUT2D eigenvalue weighted by Gasteiger charge is 2.19. The molecule has 0 aliphatic rings. The molecule has 6 heteroatoms. The molecule has 0 aromatic rings. The largest absolute Gasteiger partial charge is 0.462 e. The van der Waals surface area contributed by atoms with Crippen molar-refractivity contribution in [3.05, 3.63) is 134 Å². The van der Waals surface area contributed by atoms with E-state index in [2.05, 4.69) is 142 Å². The molecular formula is C69H112O6. The molecule has 0 spiro atoms. The highest BCUT2D eigenvalue weighted by molar-refractivity contribution is 5.71. The Labute approximate surface area is 462 Å². The van der Waals surface area contributed by atoms with E-state index in [0.717, 1.165) is 70.6 Å². The minimum atomic E-state index is -0.845. The van der Waals surface area contributed by atoms with Gasteiger partial charge in [0.05, 0.1) is 0 Å². The molecule has 75 heavy (non-hydrogen) atoms. The maximum absolute atomic E-state index is 12.9. The monoisotopic (exact) mass is 1040 g/mol. The van der Waals surface area contributed by atoms with Gasteiger partial charge in [0.2, 0.25) is 0 Å². The van der Waals surface area contributed by atoms with Gasteiger partial charge in [-0.05, 0) is 122 Å². The third-order valence-corrected chi connectivity index (χ3v) is 12.6. The van der Waals surface area contributed by atoms with Crippen LogP contribution >= 0.6 is 0 Å². The average molecular weight is 1040 g/mol. The Kier molecular flexibility index (Phi) is 58.4. The van der Waals surface area contributed by atoms with Crippen LogP contribution in [0.15, 0.2) is 134 Å². The van der Waals surface area contributed by atoms with Crippen LogP contribution in [0.5, 0.6) is 0 Å². The minimum Gasteiger partial charge on any atom is -0.462 e. The summed E-state index contributed by atoms with van der Waals surface area (Å²) in [5, 5.41) is 0. The maximum Gasteiger partial charge on any atom is 0.306 e. The van der Waals surface area contributed by atoms with Crippen molar-refractivity contribution in [3.63, 3.8) is 0 Å². The zero-order chi connectivity index (χ0) is 54.3. The fourth-order valence-electron chi connectivity index (χ4n) is 7.99. The summed E-state index contributed by atoms with van der Waals surface area (Å²) in [6.45, 7) is 6.45. The smallest absolute Gasteiger partial charge is 0.306 e. The van der Waals surface area contributed by atoms with Crippen LogP contribution in [0.1, 0.15) is 265 Å². The normalized spacial score (nSPS) is 12.7. The molecule has 0 bridgehead atoms. The molecule has 0 aromatic heterocycles. The fourth-order valence-corrected chi connectivity index (χ4v) is 7.99. The highest BCUT2D eigenvalue weighted by Crippen LogP contribution is 2.14. The number of unbranched alkanes of at least 4 members (excludes halogenated alkanes) is 21. The van der Waals surface area contributed by atoms with Crippen molar-refractivity contribution in [1.29, 1.82) is 0 Å². The Morgan fingerprint density at radius 3 is 0.840 bits per heavy atom. The van der Waals surface area contributed by atoms with E-state index < -0.39 is 6.10 Å². The van der Waals surface area contributed by atoms with Crippen LogP contribution in [0.25, 0.3) is 0 Å². The summed E-state index contributed by atoms with van der Waals surface area (Å²) in [4.78, 5) is 38.2. The van der Waals surface area contributed by atoms with Crippen molar-refractivity contribution in [2.75, 3.05) is 13.2 Å². The van der Waals surface area contributed by atoms with Gasteiger partial charge < -0.3 is 14.2 Å². The van der Waals surface area contributed by atoms with Gasteiger partial charge in [-0.25, -0.2) is 0 Å². The molecule has 0 rings (SSSR count). The molecule has 0 unspecified atom stereocenters. The number of carbonyl (C=O) groups excluding carboxylic acids is 3. The summed E-state index contributed by atoms with van der Waals surface area (Å²) >= 11 is 0. The standard InChI is InChI=1S/C69H112O6/c1-4-7-10-13-16-19-22-25-28-31-34-37-40-43-46-49-52-55-58-61-67(70)73-64-66(75-69(72)63-60-57-54-51-48-45-42-39-36-33-30-27-24-21-18-15-12-9-6-3)65-74-68(71)62-59-56-53-50-47-44-41-38-35-32-29-26-23-20-17-14-11-8-5-2/h16-17,19-20,25-30,34-35,37-38,43-44,46-47,52-53,55-56,66H,4-15,18,21-24,31-33,36,39-42,45,48-51,54,57-65H2,1-3H3/b19-16-,20-17-,28-25-,29-26-,30-27-,37-34-,38-35-,46-43-,47-44-,55-52-,56-53-. The molecule has 0 saturated carbocycles. The number of ether oxygens (including phenoxy) is 3. The van der Waals surface area contributed by atoms with Gasteiger partial charge in [0.25, 0.3) is 0 Å². The first-order valence-corrected chi connectivity index (χ1v) is 30.7. The molecule has 0 aliphatic heterocycles. The second-order valence-corrected chi connectivity index (χ2v) is 19.9. The topological polar surface area (TPSA) is 78.9 Å². The Bertz CT molecular complexity index is 1530. The van der Waals surface area contributed by atoms with E-state index in [-0.39, 0.29) is 44.0 Å². The second-order valence-electron chi connectivity index (χ2n) is 19.9. The molecule has 0 saturated heterocycles. The van der Waals surface area contributed by atoms with E-state index in [1.807, 2.05) is 12.2 Å². The quantitative estimate of drug-likeness (QED) is 0.0261. The van der Waals surface area contributed by atoms with Gasteiger partial charge >= 0.3 is 17.9 Å². The zero-order valence-electron chi connectivity index (χ0n) is 48.5. The van der Waals surface area contributed by atoms with Crippen LogP contribution in [0.3, 0.4) is 0 Å². The first-order chi connectivity index (χ1) is 37.0. The Morgan fingerprint density at radius 2 is 0.507 bits per heavy atom. The molecule has 0 heterocycles. The summed E-state index contributed by atoms with van der Waals surface area (Å²) in [6.07, 6.45) is 87.5. The molecule has 424 valence electrons. The van der Waals surface area contributed by atoms with E-state index in [9.17, 15) is 14.4 Å². The number of carbonyl (C=O) groups is 3. The van der Waals surface area contributed by atoms with E-state index in [1.165, 1.54) is 141 Å². The number of allylic oxidation sites excluding steroid dienone is 22. The van der Waals surface area contributed by atoms with E-state index in [0.29, 0.717) is 19.3 Å². The molecule has 0 N–H and O–H groups in total. The van der Waals surface area contributed by atoms with Crippen LogP contribution < -0.4 is 0 Å². The first-order valence-electron chi connectivity index (χ1n) is 30.7. The Hall–Kier alpha value is -4.45. The van der Waals surface area contributed by atoms with Crippen LogP contribution in [0.4, 0.5) is 0 Å². The van der Waals surface area contributed by atoms with Crippen LogP contribution in [-0.4, -0.2) is 37.2 Å². The van der Waals surface area contributed by atoms with Crippen molar-refractivity contribution in [1.82, 2.24) is 0 Å². The molecule has 0 aromatic carbocycles. The third kappa shape index (κ3) is 60.3. The maximum atomic E-state index is 12.9. The van der Waals surface area contributed by atoms with Gasteiger partial charge in [-0.15, -0.1) is 0 Å². The van der Waals surface area contributed by atoms with Crippen molar-refractivity contribution in [3.8, 4) is 0 Å². The minimum absolute atomic E-state index is 0.145. The lowest BCUT2D eigenvalue weighted by molar-refractivity contribution is -0.166. The lowest BCUT2D eigenvalue weighted by Gasteiger charge is -2.18. The van der Waals surface area contributed by atoms with Gasteiger partial charge in [-0.2, -0.15) is 0 Å². The molecule has 0 amide bonds. The molecule has 6 nitrogen and oxygen atoms in total. The summed E-state index contributed by atoms with van der Waals surface area (Å²) in [5.41, 5.74) is 0. The van der Waals surface area contributed by atoms with Gasteiger partial charge in [0, 0.05) is 19.3 Å². The predicted molar refractivity (Wildman–Crippen MR) is 325 cm³/mol. The lowest BCUT2D eigenvalue weighted by atomic mass is 10.1. The van der Waals surface area contributed by atoms with Crippen LogP contribution in [-0.2, 0) is 28.6 Å². The molecule has 0 atom stereocenters.